The van der Waals surface area contributed by atoms with E-state index >= 15 is 0 Å². The van der Waals surface area contributed by atoms with E-state index in [9.17, 15) is 5.11 Å². The fourth-order valence-corrected chi connectivity index (χ4v) is 8.01. The fraction of sp³-hybridized carbons (Fsp3) is 0.636. The van der Waals surface area contributed by atoms with Crippen LogP contribution >= 0.6 is 0 Å². The standard InChI is InChI=1S/C33H48N2O2/c1-24(2)31-27-12-15-30-32(3,4)16-9-17-33(30,5)28(27)13-14-29(31)37-23-26(36)22-34-18-20-35(21-19-34)25-10-7-6-8-11-25/h6-8,10-11,13-14,24,26,30,36H,9,12,15-23H2,1-5H3/t26?,30-,33+/m0/s1. The highest BCUT2D eigenvalue weighted by Gasteiger charge is 2.50. The summed E-state index contributed by atoms with van der Waals surface area (Å²) in [5, 5.41) is 10.9. The quantitative estimate of drug-likeness (QED) is 0.473. The number of rotatable bonds is 7. The molecule has 2 fully saturated rings. The largest absolute Gasteiger partial charge is 0.491 e. The molecule has 1 unspecified atom stereocenters. The van der Waals surface area contributed by atoms with E-state index in [0.717, 1.165) is 44.3 Å². The lowest BCUT2D eigenvalue weighted by Gasteiger charge is -2.54. The van der Waals surface area contributed by atoms with Crippen LogP contribution in [0.4, 0.5) is 5.69 Å². The third kappa shape index (κ3) is 5.29. The summed E-state index contributed by atoms with van der Waals surface area (Å²) in [5.41, 5.74) is 6.45. The predicted molar refractivity (Wildman–Crippen MR) is 154 cm³/mol. The van der Waals surface area contributed by atoms with E-state index < -0.39 is 6.10 Å². The summed E-state index contributed by atoms with van der Waals surface area (Å²) < 4.78 is 6.38. The Bertz CT molecular complexity index is 1060. The smallest absolute Gasteiger partial charge is 0.123 e. The number of nitrogens with zero attached hydrogens (tertiary/aromatic N) is 2. The molecule has 3 atom stereocenters. The van der Waals surface area contributed by atoms with Gasteiger partial charge in [0.05, 0.1) is 0 Å². The maximum atomic E-state index is 10.9. The van der Waals surface area contributed by atoms with Gasteiger partial charge >= 0.3 is 0 Å². The minimum Gasteiger partial charge on any atom is -0.491 e. The first-order valence-corrected chi connectivity index (χ1v) is 14.7. The number of β-amino-alcohol motifs (C(OH)–C–C–N with tert-alkyl or cyclic N) is 1. The average Bonchev–Trinajstić information content (AvgIpc) is 2.87. The molecule has 0 spiro atoms. The number of piperazine rings is 1. The maximum Gasteiger partial charge on any atom is 0.123 e. The number of anilines is 1. The molecule has 2 aliphatic carbocycles. The molecule has 4 nitrogen and oxygen atoms in total. The van der Waals surface area contributed by atoms with E-state index in [1.807, 2.05) is 0 Å². The third-order valence-corrected chi connectivity index (χ3v) is 9.82. The third-order valence-electron chi connectivity index (χ3n) is 9.82. The second-order valence-electron chi connectivity index (χ2n) is 13.1. The zero-order valence-electron chi connectivity index (χ0n) is 23.8. The number of fused-ring (bicyclic) bond motifs is 3. The van der Waals surface area contributed by atoms with Crippen molar-refractivity contribution in [2.45, 2.75) is 84.2 Å². The molecular formula is C33H48N2O2. The van der Waals surface area contributed by atoms with Gasteiger partial charge in [-0.15, -0.1) is 0 Å². The van der Waals surface area contributed by atoms with Crippen molar-refractivity contribution in [1.82, 2.24) is 4.90 Å². The maximum absolute atomic E-state index is 10.9. The Morgan fingerprint density at radius 3 is 2.41 bits per heavy atom. The van der Waals surface area contributed by atoms with Crippen LogP contribution in [0.3, 0.4) is 0 Å². The highest BCUT2D eigenvalue weighted by Crippen LogP contribution is 2.58. The van der Waals surface area contributed by atoms with Crippen molar-refractivity contribution in [3.05, 3.63) is 59.2 Å². The van der Waals surface area contributed by atoms with Crippen LogP contribution < -0.4 is 9.64 Å². The summed E-state index contributed by atoms with van der Waals surface area (Å²) in [7, 11) is 0. The van der Waals surface area contributed by atoms with Crippen LogP contribution in [0.5, 0.6) is 5.75 Å². The minimum absolute atomic E-state index is 0.263. The molecule has 1 heterocycles. The Hall–Kier alpha value is -2.04. The van der Waals surface area contributed by atoms with Crippen molar-refractivity contribution in [3.63, 3.8) is 0 Å². The predicted octanol–water partition coefficient (Wildman–Crippen LogP) is 6.40. The number of ether oxygens (including phenoxy) is 1. The summed E-state index contributed by atoms with van der Waals surface area (Å²) in [6.45, 7) is 17.1. The first-order chi connectivity index (χ1) is 17.7. The molecule has 2 aromatic rings. The molecule has 37 heavy (non-hydrogen) atoms. The fourth-order valence-electron chi connectivity index (χ4n) is 8.01. The normalized spacial score (nSPS) is 26.5. The number of hydrogen-bond acceptors (Lipinski definition) is 4. The van der Waals surface area contributed by atoms with E-state index in [4.69, 9.17) is 4.74 Å². The second-order valence-corrected chi connectivity index (χ2v) is 13.1. The Kier molecular flexibility index (Phi) is 7.62. The van der Waals surface area contributed by atoms with Gasteiger partial charge in [0.1, 0.15) is 18.5 Å². The Morgan fingerprint density at radius 1 is 0.973 bits per heavy atom. The van der Waals surface area contributed by atoms with Crippen molar-refractivity contribution in [2.75, 3.05) is 44.2 Å². The molecule has 3 aliphatic rings. The topological polar surface area (TPSA) is 35.9 Å². The molecule has 1 saturated heterocycles. The van der Waals surface area contributed by atoms with E-state index in [-0.39, 0.29) is 5.41 Å². The van der Waals surface area contributed by atoms with Crippen LogP contribution in [0.2, 0.25) is 0 Å². The van der Waals surface area contributed by atoms with Crippen molar-refractivity contribution >= 4 is 5.69 Å². The Morgan fingerprint density at radius 2 is 1.70 bits per heavy atom. The molecule has 0 bridgehead atoms. The van der Waals surface area contributed by atoms with Crippen LogP contribution in [-0.4, -0.2) is 55.4 Å². The zero-order chi connectivity index (χ0) is 26.2. The molecule has 4 heteroatoms. The highest BCUT2D eigenvalue weighted by atomic mass is 16.5. The lowest BCUT2D eigenvalue weighted by Crippen LogP contribution is -2.49. The number of aliphatic hydroxyl groups is 1. The van der Waals surface area contributed by atoms with Crippen LogP contribution in [0.25, 0.3) is 0 Å². The minimum atomic E-state index is -0.486. The highest BCUT2D eigenvalue weighted by molar-refractivity contribution is 5.52. The molecule has 5 rings (SSSR count). The van der Waals surface area contributed by atoms with Gasteiger partial charge in [-0.2, -0.15) is 0 Å². The van der Waals surface area contributed by atoms with E-state index in [2.05, 4.69) is 86.9 Å². The van der Waals surface area contributed by atoms with E-state index in [1.165, 1.54) is 42.5 Å². The molecule has 202 valence electrons. The van der Waals surface area contributed by atoms with Crippen molar-refractivity contribution in [2.24, 2.45) is 11.3 Å². The Balaban J connectivity index is 1.23. The van der Waals surface area contributed by atoms with Crippen molar-refractivity contribution in [3.8, 4) is 5.75 Å². The molecule has 1 N–H and O–H groups in total. The van der Waals surface area contributed by atoms with Crippen molar-refractivity contribution < 1.29 is 9.84 Å². The lowest BCUT2D eigenvalue weighted by molar-refractivity contribution is 0.0401. The number of para-hydroxylation sites is 1. The summed E-state index contributed by atoms with van der Waals surface area (Å²) in [6, 6.07) is 15.2. The van der Waals surface area contributed by atoms with Gasteiger partial charge in [0.15, 0.2) is 0 Å². The lowest BCUT2D eigenvalue weighted by atomic mass is 9.50. The first kappa shape index (κ1) is 26.6. The van der Waals surface area contributed by atoms with Gasteiger partial charge in [-0.25, -0.2) is 0 Å². The van der Waals surface area contributed by atoms with Gasteiger partial charge in [0.25, 0.3) is 0 Å². The SMILES string of the molecule is CC(C)c1c(OCC(O)CN2CCN(c3ccccc3)CC2)ccc2c1CC[C@H]1C(C)(C)CCC[C@]21C. The molecule has 1 aliphatic heterocycles. The van der Waals surface area contributed by atoms with Crippen LogP contribution in [-0.2, 0) is 11.8 Å². The van der Waals surface area contributed by atoms with Crippen LogP contribution in [0, 0.1) is 11.3 Å². The summed E-state index contributed by atoms with van der Waals surface area (Å²) in [6.07, 6.45) is 5.90. The first-order valence-electron chi connectivity index (χ1n) is 14.7. The molecule has 0 radical (unpaired) electrons. The van der Waals surface area contributed by atoms with Gasteiger partial charge in [-0.05, 0) is 77.7 Å². The van der Waals surface area contributed by atoms with E-state index in [0.29, 0.717) is 24.5 Å². The van der Waals surface area contributed by atoms with Crippen LogP contribution in [0.1, 0.15) is 82.9 Å². The number of aliphatic hydroxyl groups excluding tert-OH is 1. The van der Waals surface area contributed by atoms with Crippen LogP contribution in [0.15, 0.2) is 42.5 Å². The zero-order valence-corrected chi connectivity index (χ0v) is 23.8. The summed E-state index contributed by atoms with van der Waals surface area (Å²) >= 11 is 0. The molecule has 1 saturated carbocycles. The Labute approximate surface area is 225 Å². The van der Waals surface area contributed by atoms with Gasteiger partial charge in [-0.3, -0.25) is 4.90 Å². The summed E-state index contributed by atoms with van der Waals surface area (Å²) in [5.74, 6) is 2.14. The molecule has 2 aromatic carbocycles. The number of benzene rings is 2. The van der Waals surface area contributed by atoms with Gasteiger partial charge < -0.3 is 14.7 Å². The molecule has 0 amide bonds. The summed E-state index contributed by atoms with van der Waals surface area (Å²) in [4.78, 5) is 4.80. The second kappa shape index (κ2) is 10.6. The average molecular weight is 505 g/mol. The van der Waals surface area contributed by atoms with Gasteiger partial charge in [0.2, 0.25) is 0 Å². The monoisotopic (exact) mass is 504 g/mol. The van der Waals surface area contributed by atoms with Gasteiger partial charge in [0, 0.05) is 44.0 Å². The molecular weight excluding hydrogens is 456 g/mol. The van der Waals surface area contributed by atoms with Gasteiger partial charge in [-0.1, -0.05) is 65.3 Å². The van der Waals surface area contributed by atoms with E-state index in [1.54, 1.807) is 5.56 Å². The van der Waals surface area contributed by atoms with Crippen molar-refractivity contribution in [1.29, 1.82) is 0 Å². The number of hydrogen-bond donors (Lipinski definition) is 1. The molecule has 0 aromatic heterocycles.